The molecule has 0 atom stereocenters. The lowest BCUT2D eigenvalue weighted by molar-refractivity contribution is -0.0498. The number of benzene rings is 1. The van der Waals surface area contributed by atoms with E-state index in [1.165, 1.54) is 35.6 Å². The lowest BCUT2D eigenvalue weighted by Gasteiger charge is -2.07. The predicted octanol–water partition coefficient (Wildman–Crippen LogP) is 3.18. The Labute approximate surface area is 111 Å². The van der Waals surface area contributed by atoms with Crippen LogP contribution in [-0.4, -0.2) is 12.5 Å². The molecule has 0 radical (unpaired) electrons. The van der Waals surface area contributed by atoms with Gasteiger partial charge in [-0.2, -0.15) is 8.78 Å². The summed E-state index contributed by atoms with van der Waals surface area (Å²) in [7, 11) is 0. The average Bonchev–Trinajstić information content (AvgIpc) is 2.77. The minimum atomic E-state index is -2.87. The molecule has 2 aromatic rings. The summed E-state index contributed by atoms with van der Waals surface area (Å²) in [4.78, 5) is 12.2. The Kier molecular flexibility index (Phi) is 3.96. The second-order valence-corrected chi connectivity index (χ2v) is 4.48. The molecule has 3 N–H and O–H groups in total. The van der Waals surface area contributed by atoms with Gasteiger partial charge < -0.3 is 15.8 Å². The van der Waals surface area contributed by atoms with Gasteiger partial charge in [-0.25, -0.2) is 0 Å². The molecular formula is C12H10F2N2O2S. The molecule has 0 bridgehead atoms. The molecule has 0 saturated carbocycles. The van der Waals surface area contributed by atoms with Crippen LogP contribution in [0.3, 0.4) is 0 Å². The van der Waals surface area contributed by atoms with Crippen LogP contribution in [0.4, 0.5) is 20.2 Å². The number of halogens is 2. The van der Waals surface area contributed by atoms with Gasteiger partial charge in [0, 0.05) is 5.69 Å². The lowest BCUT2D eigenvalue weighted by Crippen LogP contribution is -2.11. The van der Waals surface area contributed by atoms with E-state index in [4.69, 9.17) is 5.73 Å². The summed E-state index contributed by atoms with van der Waals surface area (Å²) in [5, 5.41) is 4.33. The number of ether oxygens (including phenoxy) is 1. The van der Waals surface area contributed by atoms with Crippen molar-refractivity contribution in [2.75, 3.05) is 11.1 Å². The highest BCUT2D eigenvalue weighted by Crippen LogP contribution is 2.22. The molecule has 1 aromatic heterocycles. The minimum Gasteiger partial charge on any atom is -0.435 e. The molecule has 0 aliphatic carbocycles. The summed E-state index contributed by atoms with van der Waals surface area (Å²) in [6.07, 6.45) is 0. The first kappa shape index (κ1) is 13.3. The molecular weight excluding hydrogens is 274 g/mol. The number of thiophene rings is 1. The highest BCUT2D eigenvalue weighted by Gasteiger charge is 2.11. The van der Waals surface area contributed by atoms with E-state index >= 15 is 0 Å². The summed E-state index contributed by atoms with van der Waals surface area (Å²) >= 11 is 1.23. The largest absolute Gasteiger partial charge is 0.435 e. The van der Waals surface area contributed by atoms with Crippen LogP contribution in [0.5, 0.6) is 5.75 Å². The van der Waals surface area contributed by atoms with Crippen molar-refractivity contribution in [3.63, 3.8) is 0 Å². The number of nitrogens with two attached hydrogens (primary N) is 1. The fourth-order valence-electron chi connectivity index (χ4n) is 1.41. The quantitative estimate of drug-likeness (QED) is 0.906. The normalized spacial score (nSPS) is 10.5. The number of nitrogen functional groups attached to an aromatic ring is 1. The van der Waals surface area contributed by atoms with E-state index in [0.29, 0.717) is 16.3 Å². The summed E-state index contributed by atoms with van der Waals surface area (Å²) in [6, 6.07) is 7.27. The van der Waals surface area contributed by atoms with Gasteiger partial charge in [0.15, 0.2) is 0 Å². The van der Waals surface area contributed by atoms with Crippen LogP contribution in [-0.2, 0) is 0 Å². The molecule has 1 heterocycles. The van der Waals surface area contributed by atoms with Crippen molar-refractivity contribution < 1.29 is 18.3 Å². The first-order valence-electron chi connectivity index (χ1n) is 5.25. The Morgan fingerprint density at radius 3 is 2.47 bits per heavy atom. The molecule has 0 unspecified atom stereocenters. The van der Waals surface area contributed by atoms with Crippen LogP contribution >= 0.6 is 11.3 Å². The number of alkyl halides is 2. The molecule has 100 valence electrons. The van der Waals surface area contributed by atoms with Crippen molar-refractivity contribution in [3.8, 4) is 5.75 Å². The van der Waals surface area contributed by atoms with E-state index in [9.17, 15) is 13.6 Å². The van der Waals surface area contributed by atoms with Gasteiger partial charge in [-0.05, 0) is 35.7 Å². The number of hydrogen-bond donors (Lipinski definition) is 2. The van der Waals surface area contributed by atoms with Gasteiger partial charge in [-0.15, -0.1) is 11.3 Å². The van der Waals surface area contributed by atoms with Gasteiger partial charge in [0.2, 0.25) is 0 Å². The number of hydrogen-bond acceptors (Lipinski definition) is 4. The van der Waals surface area contributed by atoms with Crippen LogP contribution in [0.25, 0.3) is 0 Å². The fraction of sp³-hybridized carbons (Fsp3) is 0.0833. The Morgan fingerprint density at radius 1 is 1.26 bits per heavy atom. The molecule has 7 heteroatoms. The van der Waals surface area contributed by atoms with Gasteiger partial charge >= 0.3 is 6.61 Å². The summed E-state index contributed by atoms with van der Waals surface area (Å²) in [5.74, 6) is -0.307. The maximum absolute atomic E-state index is 12.0. The third-order valence-corrected chi connectivity index (χ3v) is 3.17. The van der Waals surface area contributed by atoms with Crippen molar-refractivity contribution in [1.29, 1.82) is 0 Å². The zero-order chi connectivity index (χ0) is 13.8. The molecule has 0 saturated heterocycles. The second kappa shape index (κ2) is 5.66. The SMILES string of the molecule is Nc1ccsc1C(=O)Nc1ccc(OC(F)F)cc1. The number of amides is 1. The van der Waals surface area contributed by atoms with Gasteiger partial charge in [0.1, 0.15) is 10.6 Å². The van der Waals surface area contributed by atoms with Crippen LogP contribution in [0.15, 0.2) is 35.7 Å². The summed E-state index contributed by atoms with van der Waals surface area (Å²) in [5.41, 5.74) is 6.49. The fourth-order valence-corrected chi connectivity index (χ4v) is 2.12. The molecule has 1 amide bonds. The first-order chi connectivity index (χ1) is 9.06. The highest BCUT2D eigenvalue weighted by molar-refractivity contribution is 7.12. The topological polar surface area (TPSA) is 64.4 Å². The molecule has 0 aliphatic rings. The minimum absolute atomic E-state index is 0.0311. The summed E-state index contributed by atoms with van der Waals surface area (Å²) in [6.45, 7) is -2.87. The highest BCUT2D eigenvalue weighted by atomic mass is 32.1. The van der Waals surface area contributed by atoms with Gasteiger partial charge in [-0.1, -0.05) is 0 Å². The first-order valence-corrected chi connectivity index (χ1v) is 6.13. The number of anilines is 2. The standard InChI is InChI=1S/C12H10F2N2O2S/c13-12(14)18-8-3-1-7(2-4-8)16-11(17)10-9(15)5-6-19-10/h1-6,12H,15H2,(H,16,17). The Bertz CT molecular complexity index is 569. The van der Waals surface area contributed by atoms with E-state index < -0.39 is 6.61 Å². The van der Waals surface area contributed by atoms with Gasteiger partial charge in [0.05, 0.1) is 5.69 Å². The van der Waals surface area contributed by atoms with E-state index in [2.05, 4.69) is 10.1 Å². The Hall–Kier alpha value is -2.15. The average molecular weight is 284 g/mol. The lowest BCUT2D eigenvalue weighted by atomic mass is 10.3. The van der Waals surface area contributed by atoms with E-state index in [-0.39, 0.29) is 11.7 Å². The van der Waals surface area contributed by atoms with Gasteiger partial charge in [0.25, 0.3) is 5.91 Å². The molecule has 4 nitrogen and oxygen atoms in total. The third kappa shape index (κ3) is 3.41. The number of rotatable bonds is 4. The van der Waals surface area contributed by atoms with Crippen molar-refractivity contribution in [3.05, 3.63) is 40.6 Å². The molecule has 0 fully saturated rings. The van der Waals surface area contributed by atoms with Crippen molar-refractivity contribution in [1.82, 2.24) is 0 Å². The maximum Gasteiger partial charge on any atom is 0.387 e. The summed E-state index contributed by atoms with van der Waals surface area (Å²) < 4.78 is 28.1. The van der Waals surface area contributed by atoms with Crippen LogP contribution in [0.2, 0.25) is 0 Å². The molecule has 19 heavy (non-hydrogen) atoms. The van der Waals surface area contributed by atoms with Crippen LogP contribution in [0, 0.1) is 0 Å². The van der Waals surface area contributed by atoms with Gasteiger partial charge in [-0.3, -0.25) is 4.79 Å². The van der Waals surface area contributed by atoms with E-state index in [1.54, 1.807) is 11.4 Å². The maximum atomic E-state index is 12.0. The number of carbonyl (C=O) groups is 1. The van der Waals surface area contributed by atoms with Crippen molar-refractivity contribution in [2.45, 2.75) is 6.61 Å². The molecule has 0 spiro atoms. The van der Waals surface area contributed by atoms with Crippen molar-refractivity contribution >= 4 is 28.6 Å². The molecule has 2 rings (SSSR count). The predicted molar refractivity (Wildman–Crippen MR) is 69.8 cm³/mol. The van der Waals surface area contributed by atoms with Crippen molar-refractivity contribution in [2.24, 2.45) is 0 Å². The molecule has 0 aliphatic heterocycles. The third-order valence-electron chi connectivity index (χ3n) is 2.24. The molecule has 1 aromatic carbocycles. The van der Waals surface area contributed by atoms with Crippen LogP contribution in [0.1, 0.15) is 9.67 Å². The second-order valence-electron chi connectivity index (χ2n) is 3.56. The zero-order valence-electron chi connectivity index (χ0n) is 9.60. The Morgan fingerprint density at radius 2 is 1.95 bits per heavy atom. The zero-order valence-corrected chi connectivity index (χ0v) is 10.4. The van der Waals surface area contributed by atoms with E-state index in [1.807, 2.05) is 0 Å². The number of carbonyl (C=O) groups excluding carboxylic acids is 1. The van der Waals surface area contributed by atoms with E-state index in [0.717, 1.165) is 0 Å². The monoisotopic (exact) mass is 284 g/mol. The van der Waals surface area contributed by atoms with Crippen LogP contribution < -0.4 is 15.8 Å². The smallest absolute Gasteiger partial charge is 0.387 e. The number of nitrogens with one attached hydrogen (secondary N) is 1. The Balaban J connectivity index is 2.04.